The maximum Gasteiger partial charge on any atom is 0.274 e. The minimum absolute atomic E-state index is 0.178. The van der Waals surface area contributed by atoms with Gasteiger partial charge in [0.25, 0.3) is 5.91 Å². The van der Waals surface area contributed by atoms with Crippen molar-refractivity contribution >= 4 is 34.1 Å². The van der Waals surface area contributed by atoms with Crippen molar-refractivity contribution in [1.82, 2.24) is 15.0 Å². The largest absolute Gasteiger partial charge is 0.324 e. The Bertz CT molecular complexity index is 1130. The lowest BCUT2D eigenvalue weighted by Gasteiger charge is -2.09. The maximum absolute atomic E-state index is 13.3. The average molecular weight is 359 g/mol. The molecular weight excluding hydrogens is 345 g/mol. The van der Waals surface area contributed by atoms with Crippen molar-refractivity contribution in [3.05, 3.63) is 84.6 Å². The molecule has 2 heterocycles. The van der Waals surface area contributed by atoms with Crippen LogP contribution >= 0.6 is 0 Å². The lowest BCUT2D eigenvalue weighted by molar-refractivity contribution is 0.102. The Morgan fingerprint density at radius 1 is 0.926 bits per heavy atom. The van der Waals surface area contributed by atoms with Crippen LogP contribution in [0.25, 0.3) is 10.9 Å². The summed E-state index contributed by atoms with van der Waals surface area (Å²) in [6, 6.07) is 16.7. The predicted molar refractivity (Wildman–Crippen MR) is 101 cm³/mol. The molecule has 0 bridgehead atoms. The van der Waals surface area contributed by atoms with E-state index in [-0.39, 0.29) is 17.5 Å². The Morgan fingerprint density at radius 3 is 2.67 bits per heavy atom. The van der Waals surface area contributed by atoms with Gasteiger partial charge in [-0.3, -0.25) is 9.78 Å². The number of pyridine rings is 1. The summed E-state index contributed by atoms with van der Waals surface area (Å²) in [6.07, 6.45) is 3.13. The van der Waals surface area contributed by atoms with Crippen molar-refractivity contribution in [3.63, 3.8) is 0 Å². The number of rotatable bonds is 4. The van der Waals surface area contributed by atoms with Gasteiger partial charge in [-0.15, -0.1) is 0 Å². The summed E-state index contributed by atoms with van der Waals surface area (Å²) in [4.78, 5) is 25.2. The number of anilines is 3. The van der Waals surface area contributed by atoms with Gasteiger partial charge in [0, 0.05) is 23.5 Å². The van der Waals surface area contributed by atoms with E-state index in [1.165, 1.54) is 24.4 Å². The molecule has 132 valence electrons. The second kappa shape index (κ2) is 7.17. The van der Waals surface area contributed by atoms with Crippen LogP contribution in [-0.2, 0) is 0 Å². The molecule has 0 aliphatic heterocycles. The molecule has 0 unspecified atom stereocenters. The van der Waals surface area contributed by atoms with Gasteiger partial charge in [0.15, 0.2) is 0 Å². The van der Waals surface area contributed by atoms with Crippen LogP contribution in [0.2, 0.25) is 0 Å². The number of fused-ring (bicyclic) bond motifs is 1. The first-order chi connectivity index (χ1) is 13.2. The number of nitrogens with zero attached hydrogens (tertiary/aromatic N) is 3. The van der Waals surface area contributed by atoms with E-state index in [4.69, 9.17) is 0 Å². The third-order valence-corrected chi connectivity index (χ3v) is 3.85. The Kier molecular flexibility index (Phi) is 4.40. The number of hydrogen-bond donors (Lipinski definition) is 2. The summed E-state index contributed by atoms with van der Waals surface area (Å²) in [6.45, 7) is 0. The molecule has 2 aromatic heterocycles. The van der Waals surface area contributed by atoms with Gasteiger partial charge in [0.05, 0.1) is 11.2 Å². The lowest BCUT2D eigenvalue weighted by atomic mass is 10.2. The molecule has 6 nitrogen and oxygen atoms in total. The van der Waals surface area contributed by atoms with Gasteiger partial charge in [0.2, 0.25) is 5.95 Å². The summed E-state index contributed by atoms with van der Waals surface area (Å²) in [7, 11) is 0. The van der Waals surface area contributed by atoms with Gasteiger partial charge in [-0.1, -0.05) is 24.3 Å². The molecule has 2 N–H and O–H groups in total. The molecule has 7 heteroatoms. The van der Waals surface area contributed by atoms with Crippen molar-refractivity contribution in [2.45, 2.75) is 0 Å². The van der Waals surface area contributed by atoms with Gasteiger partial charge in [-0.25, -0.2) is 14.4 Å². The summed E-state index contributed by atoms with van der Waals surface area (Å²) >= 11 is 0. The summed E-state index contributed by atoms with van der Waals surface area (Å²) < 4.78 is 13.3. The molecule has 4 aromatic rings. The second-order valence-corrected chi connectivity index (χ2v) is 5.74. The smallest absolute Gasteiger partial charge is 0.274 e. The number of halogens is 1. The molecule has 0 aliphatic carbocycles. The third kappa shape index (κ3) is 3.72. The first-order valence-electron chi connectivity index (χ1n) is 8.20. The number of benzene rings is 2. The fourth-order valence-electron chi connectivity index (χ4n) is 2.63. The van der Waals surface area contributed by atoms with Crippen LogP contribution in [0, 0.1) is 5.82 Å². The van der Waals surface area contributed by atoms with Gasteiger partial charge in [0.1, 0.15) is 11.5 Å². The zero-order valence-electron chi connectivity index (χ0n) is 14.1. The number of aromatic nitrogens is 3. The number of carbonyl (C=O) groups is 1. The molecule has 0 saturated carbocycles. The molecule has 1 amide bonds. The van der Waals surface area contributed by atoms with Crippen LogP contribution in [0.4, 0.5) is 21.7 Å². The minimum Gasteiger partial charge on any atom is -0.324 e. The van der Waals surface area contributed by atoms with Crippen LogP contribution in [0.5, 0.6) is 0 Å². The first kappa shape index (κ1) is 16.6. The number of nitrogens with one attached hydrogen (secondary N) is 2. The van der Waals surface area contributed by atoms with E-state index in [1.807, 2.05) is 24.3 Å². The highest BCUT2D eigenvalue weighted by Gasteiger charge is 2.12. The maximum atomic E-state index is 13.3. The van der Waals surface area contributed by atoms with E-state index in [2.05, 4.69) is 25.6 Å². The highest BCUT2D eigenvalue weighted by Crippen LogP contribution is 2.21. The second-order valence-electron chi connectivity index (χ2n) is 5.74. The van der Waals surface area contributed by atoms with Gasteiger partial charge in [-0.05, 0) is 36.4 Å². The van der Waals surface area contributed by atoms with Gasteiger partial charge >= 0.3 is 0 Å². The third-order valence-electron chi connectivity index (χ3n) is 3.85. The molecule has 0 fully saturated rings. The topological polar surface area (TPSA) is 79.8 Å². The summed E-state index contributed by atoms with van der Waals surface area (Å²) in [5.41, 5.74) is 1.96. The molecule has 2 aromatic carbocycles. The SMILES string of the molecule is O=C(Nc1cccc2cccnc12)c1ccnc(Nc2cccc(F)c2)n1. The fourth-order valence-corrected chi connectivity index (χ4v) is 2.63. The van der Waals surface area contributed by atoms with Crippen LogP contribution in [0.1, 0.15) is 10.5 Å². The Morgan fingerprint density at radius 2 is 1.78 bits per heavy atom. The first-order valence-corrected chi connectivity index (χ1v) is 8.20. The molecule has 0 radical (unpaired) electrons. The van der Waals surface area contributed by atoms with Crippen molar-refractivity contribution in [1.29, 1.82) is 0 Å². The zero-order valence-corrected chi connectivity index (χ0v) is 14.1. The van der Waals surface area contributed by atoms with Crippen LogP contribution in [0.3, 0.4) is 0 Å². The molecule has 0 aliphatic rings. The normalized spacial score (nSPS) is 10.6. The molecule has 0 atom stereocenters. The van der Waals surface area contributed by atoms with Gasteiger partial charge in [-0.2, -0.15) is 0 Å². The van der Waals surface area contributed by atoms with E-state index >= 15 is 0 Å². The molecule has 0 spiro atoms. The fraction of sp³-hybridized carbons (Fsp3) is 0. The summed E-state index contributed by atoms with van der Waals surface area (Å²) in [5.74, 6) is -0.570. The van der Waals surface area contributed by atoms with Crippen molar-refractivity contribution < 1.29 is 9.18 Å². The summed E-state index contributed by atoms with van der Waals surface area (Å²) in [5, 5.41) is 6.62. The van der Waals surface area contributed by atoms with Crippen LogP contribution < -0.4 is 10.6 Å². The Balaban J connectivity index is 1.57. The van der Waals surface area contributed by atoms with E-state index in [1.54, 1.807) is 24.4 Å². The van der Waals surface area contributed by atoms with Gasteiger partial charge < -0.3 is 10.6 Å². The van der Waals surface area contributed by atoms with Crippen molar-refractivity contribution in [2.24, 2.45) is 0 Å². The van der Waals surface area contributed by atoms with E-state index in [0.29, 0.717) is 16.9 Å². The molecule has 27 heavy (non-hydrogen) atoms. The number of para-hydroxylation sites is 1. The molecule has 4 rings (SSSR count). The van der Waals surface area contributed by atoms with E-state index in [9.17, 15) is 9.18 Å². The Labute approximate surface area is 154 Å². The van der Waals surface area contributed by atoms with E-state index < -0.39 is 5.91 Å². The molecule has 0 saturated heterocycles. The van der Waals surface area contributed by atoms with Crippen LogP contribution in [0.15, 0.2) is 73.1 Å². The minimum atomic E-state index is -0.391. The molecular formula is C20H14FN5O. The highest BCUT2D eigenvalue weighted by molar-refractivity contribution is 6.07. The quantitative estimate of drug-likeness (QED) is 0.572. The Hall–Kier alpha value is -3.87. The van der Waals surface area contributed by atoms with Crippen molar-refractivity contribution in [2.75, 3.05) is 10.6 Å². The monoisotopic (exact) mass is 359 g/mol. The number of hydrogen-bond acceptors (Lipinski definition) is 5. The predicted octanol–water partition coefficient (Wildman–Crippen LogP) is 4.16. The van der Waals surface area contributed by atoms with Crippen LogP contribution in [-0.4, -0.2) is 20.9 Å². The number of amides is 1. The average Bonchev–Trinajstić information content (AvgIpc) is 2.68. The highest BCUT2D eigenvalue weighted by atomic mass is 19.1. The number of carbonyl (C=O) groups excluding carboxylic acids is 1. The van der Waals surface area contributed by atoms with Crippen molar-refractivity contribution in [3.8, 4) is 0 Å². The standard InChI is InChI=1S/C20H14FN5O/c21-14-6-2-7-15(12-14)24-20-23-11-9-17(26-20)19(27)25-16-8-1-4-13-5-3-10-22-18(13)16/h1-12H,(H,25,27)(H,23,24,26). The van der Waals surface area contributed by atoms with E-state index in [0.717, 1.165) is 5.39 Å². The lowest BCUT2D eigenvalue weighted by Crippen LogP contribution is -2.15. The zero-order chi connectivity index (χ0) is 18.6.